The molecule has 0 bridgehead atoms. The third-order valence-electron chi connectivity index (χ3n) is 3.86. The monoisotopic (exact) mass is 335 g/mol. The molecule has 0 heterocycles. The molecule has 0 aromatic heterocycles. The number of hydrogen-bond acceptors (Lipinski definition) is 3. The molecule has 0 aliphatic rings. The molecule has 0 aliphatic carbocycles. The van der Waals surface area contributed by atoms with Crippen LogP contribution in [0.2, 0.25) is 0 Å². The van der Waals surface area contributed by atoms with Crippen LogP contribution in [0.5, 0.6) is 0 Å². The van der Waals surface area contributed by atoms with Gasteiger partial charge in [-0.05, 0) is 49.0 Å². The molecule has 1 unspecified atom stereocenters. The molecule has 2 aromatic carbocycles. The van der Waals surface area contributed by atoms with E-state index in [2.05, 4.69) is 0 Å². The molecule has 1 atom stereocenters. The first-order chi connectivity index (χ1) is 11.5. The Bertz CT molecular complexity index is 571. The molecule has 130 valence electrons. The van der Waals surface area contributed by atoms with E-state index in [0.29, 0.717) is 6.54 Å². The summed E-state index contributed by atoms with van der Waals surface area (Å²) in [6.07, 6.45) is -1.13. The summed E-state index contributed by atoms with van der Waals surface area (Å²) in [5.41, 5.74) is 1.50. The number of rotatable bonds is 8. The average molecular weight is 335 g/mol. The van der Waals surface area contributed by atoms with Crippen molar-refractivity contribution < 1.29 is 18.6 Å². The van der Waals surface area contributed by atoms with Gasteiger partial charge < -0.3 is 14.7 Å². The van der Waals surface area contributed by atoms with E-state index in [1.165, 1.54) is 24.3 Å². The zero-order chi connectivity index (χ0) is 17.5. The highest BCUT2D eigenvalue weighted by Crippen LogP contribution is 2.26. The van der Waals surface area contributed by atoms with Crippen LogP contribution in [0.1, 0.15) is 24.2 Å². The molecule has 0 aliphatic heterocycles. The standard InChI is InChI=1S/C19H23F2NO2/c1-3-22(2)12-18(23)13-24-19(14-4-8-16(20)9-5-14)15-6-10-17(21)11-7-15/h4-11,18-19,23H,3,12-13H2,1-2H3. The Morgan fingerprint density at radius 3 is 1.83 bits per heavy atom. The maximum absolute atomic E-state index is 13.2. The molecule has 0 amide bonds. The molecular formula is C19H23F2NO2. The van der Waals surface area contributed by atoms with Crippen LogP contribution in [0.25, 0.3) is 0 Å². The SMILES string of the molecule is CCN(C)CC(O)COC(c1ccc(F)cc1)c1ccc(F)cc1. The molecule has 24 heavy (non-hydrogen) atoms. The van der Waals surface area contributed by atoms with Crippen molar-refractivity contribution >= 4 is 0 Å². The Labute approximate surface area is 141 Å². The largest absolute Gasteiger partial charge is 0.389 e. The maximum Gasteiger partial charge on any atom is 0.123 e. The van der Waals surface area contributed by atoms with Crippen molar-refractivity contribution in [3.63, 3.8) is 0 Å². The maximum atomic E-state index is 13.2. The van der Waals surface area contributed by atoms with Gasteiger partial charge in [0.15, 0.2) is 0 Å². The lowest BCUT2D eigenvalue weighted by Gasteiger charge is -2.23. The van der Waals surface area contributed by atoms with E-state index in [-0.39, 0.29) is 18.2 Å². The molecular weight excluding hydrogens is 312 g/mol. The van der Waals surface area contributed by atoms with E-state index < -0.39 is 12.2 Å². The summed E-state index contributed by atoms with van der Waals surface area (Å²) in [5, 5.41) is 10.1. The van der Waals surface area contributed by atoms with E-state index in [1.807, 2.05) is 18.9 Å². The third kappa shape index (κ3) is 5.37. The molecule has 0 fully saturated rings. The fraction of sp³-hybridized carbons (Fsp3) is 0.368. The van der Waals surface area contributed by atoms with E-state index in [9.17, 15) is 13.9 Å². The Morgan fingerprint density at radius 2 is 1.42 bits per heavy atom. The summed E-state index contributed by atoms with van der Waals surface area (Å²) in [7, 11) is 1.92. The highest BCUT2D eigenvalue weighted by Gasteiger charge is 2.17. The molecule has 0 radical (unpaired) electrons. The van der Waals surface area contributed by atoms with E-state index >= 15 is 0 Å². The van der Waals surface area contributed by atoms with Crippen molar-refractivity contribution in [2.45, 2.75) is 19.1 Å². The van der Waals surface area contributed by atoms with Crippen molar-refractivity contribution in [3.8, 4) is 0 Å². The molecule has 0 saturated heterocycles. The van der Waals surface area contributed by atoms with Crippen LogP contribution in [0, 0.1) is 11.6 Å². The highest BCUT2D eigenvalue weighted by atomic mass is 19.1. The van der Waals surface area contributed by atoms with Crippen molar-refractivity contribution in [1.82, 2.24) is 4.90 Å². The van der Waals surface area contributed by atoms with Crippen molar-refractivity contribution in [3.05, 3.63) is 71.3 Å². The topological polar surface area (TPSA) is 32.7 Å². The molecule has 2 rings (SSSR count). The summed E-state index contributed by atoms with van der Waals surface area (Å²) in [6.45, 7) is 3.46. The van der Waals surface area contributed by atoms with Crippen molar-refractivity contribution in [1.29, 1.82) is 0 Å². The second-order valence-electron chi connectivity index (χ2n) is 5.83. The minimum atomic E-state index is -0.640. The van der Waals surface area contributed by atoms with Gasteiger partial charge in [-0.1, -0.05) is 31.2 Å². The molecule has 5 heteroatoms. The fourth-order valence-corrected chi connectivity index (χ4v) is 2.41. The number of nitrogens with zero attached hydrogens (tertiary/aromatic N) is 1. The Morgan fingerprint density at radius 1 is 0.958 bits per heavy atom. The molecule has 1 N–H and O–H groups in total. The van der Waals surface area contributed by atoms with Crippen LogP contribution in [-0.4, -0.2) is 42.9 Å². The fourth-order valence-electron chi connectivity index (χ4n) is 2.41. The number of aliphatic hydroxyl groups excluding tert-OH is 1. The van der Waals surface area contributed by atoms with E-state index in [4.69, 9.17) is 4.74 Å². The van der Waals surface area contributed by atoms with Gasteiger partial charge in [0.25, 0.3) is 0 Å². The van der Waals surface area contributed by atoms with E-state index in [0.717, 1.165) is 17.7 Å². The summed E-state index contributed by atoms with van der Waals surface area (Å²) in [4.78, 5) is 1.98. The van der Waals surface area contributed by atoms with Crippen LogP contribution in [0.15, 0.2) is 48.5 Å². The van der Waals surface area contributed by atoms with Crippen LogP contribution < -0.4 is 0 Å². The normalized spacial score (nSPS) is 12.8. The summed E-state index contributed by atoms with van der Waals surface area (Å²) in [6, 6.07) is 12.0. The first-order valence-electron chi connectivity index (χ1n) is 7.98. The van der Waals surface area contributed by atoms with Gasteiger partial charge in [-0.15, -0.1) is 0 Å². The van der Waals surface area contributed by atoms with Gasteiger partial charge in [-0.3, -0.25) is 0 Å². The summed E-state index contributed by atoms with van der Waals surface area (Å²) >= 11 is 0. The zero-order valence-electron chi connectivity index (χ0n) is 14.0. The quantitative estimate of drug-likeness (QED) is 0.803. The van der Waals surface area contributed by atoms with Crippen LogP contribution in [0.3, 0.4) is 0 Å². The lowest BCUT2D eigenvalue weighted by molar-refractivity contribution is -0.00497. The van der Waals surface area contributed by atoms with Gasteiger partial charge in [0.05, 0.1) is 12.7 Å². The Kier molecular flexibility index (Phi) is 6.85. The van der Waals surface area contributed by atoms with Gasteiger partial charge in [0.2, 0.25) is 0 Å². The summed E-state index contributed by atoms with van der Waals surface area (Å²) in [5.74, 6) is -0.664. The first kappa shape index (κ1) is 18.5. The van der Waals surface area contributed by atoms with E-state index in [1.54, 1.807) is 24.3 Å². The summed E-state index contributed by atoms with van der Waals surface area (Å²) < 4.78 is 32.2. The minimum absolute atomic E-state index is 0.129. The molecule has 3 nitrogen and oxygen atoms in total. The van der Waals surface area contributed by atoms with Gasteiger partial charge in [0, 0.05) is 6.54 Å². The van der Waals surface area contributed by atoms with Gasteiger partial charge in [0.1, 0.15) is 17.7 Å². The predicted molar refractivity (Wildman–Crippen MR) is 89.8 cm³/mol. The second kappa shape index (κ2) is 8.87. The first-order valence-corrected chi connectivity index (χ1v) is 7.98. The predicted octanol–water partition coefficient (Wildman–Crippen LogP) is 3.38. The average Bonchev–Trinajstić information content (AvgIpc) is 2.58. The van der Waals surface area contributed by atoms with Crippen LogP contribution in [-0.2, 0) is 4.74 Å². The number of likely N-dealkylation sites (N-methyl/N-ethyl adjacent to an activating group) is 1. The smallest absolute Gasteiger partial charge is 0.123 e. The number of aliphatic hydroxyl groups is 1. The Balaban J connectivity index is 2.14. The van der Waals surface area contributed by atoms with Gasteiger partial charge >= 0.3 is 0 Å². The number of halogens is 2. The molecule has 0 spiro atoms. The minimum Gasteiger partial charge on any atom is -0.389 e. The van der Waals surface area contributed by atoms with Crippen molar-refractivity contribution in [2.24, 2.45) is 0 Å². The van der Waals surface area contributed by atoms with Crippen LogP contribution >= 0.6 is 0 Å². The number of benzene rings is 2. The van der Waals surface area contributed by atoms with Gasteiger partial charge in [-0.2, -0.15) is 0 Å². The third-order valence-corrected chi connectivity index (χ3v) is 3.86. The highest BCUT2D eigenvalue weighted by molar-refractivity contribution is 5.30. The second-order valence-corrected chi connectivity index (χ2v) is 5.83. The zero-order valence-corrected chi connectivity index (χ0v) is 14.0. The molecule has 2 aromatic rings. The number of hydrogen-bond donors (Lipinski definition) is 1. The molecule has 0 saturated carbocycles. The number of ether oxygens (including phenoxy) is 1. The van der Waals surface area contributed by atoms with Crippen LogP contribution in [0.4, 0.5) is 8.78 Å². The lowest BCUT2D eigenvalue weighted by atomic mass is 10.0. The lowest BCUT2D eigenvalue weighted by Crippen LogP contribution is -2.32. The Hall–Kier alpha value is -1.82. The van der Waals surface area contributed by atoms with Crippen molar-refractivity contribution in [2.75, 3.05) is 26.7 Å². The van der Waals surface area contributed by atoms with Gasteiger partial charge in [-0.25, -0.2) is 8.78 Å².